The molecule has 3 aliphatic rings. The second kappa shape index (κ2) is 23.1. The van der Waals surface area contributed by atoms with E-state index in [9.17, 15) is 28.8 Å². The number of amides is 6. The third kappa shape index (κ3) is 14.2. The molecule has 3 fully saturated rings. The normalized spacial score (nSPS) is 24.0. The predicted octanol–water partition coefficient (Wildman–Crippen LogP) is 2.97. The standard InChI is InChI=1S/C45H64N6O10/c1-29(2)21-36-41(53)46-30(3)44(56)51-18-12-17-39(51)43(55)49-38(45(57)50(4)5)28-59-20-10-9-19-58-27-37(42(54)47-36)48-40(52)33-22-34(60-25-31-13-7-6-8-14-31)24-35(23-33)61-26-32-15-11-16-32/h6-8,13-14,22-24,29-30,32,36-39H,9-12,15-21,25-28H2,1-5H3,(H,46,53)(H,47,54)(H,48,52)(H,49,55)/t30-,36-,37-,38-,39-/m0/s1. The van der Waals surface area contributed by atoms with E-state index < -0.39 is 59.7 Å². The minimum absolute atomic E-state index is 0.0375. The van der Waals surface area contributed by atoms with Gasteiger partial charge in [0.25, 0.3) is 5.91 Å². The Morgan fingerprint density at radius 2 is 1.52 bits per heavy atom. The number of fused-ring (bicyclic) bond motifs is 1. The summed E-state index contributed by atoms with van der Waals surface area (Å²) in [5.74, 6) is -1.81. The lowest BCUT2D eigenvalue weighted by atomic mass is 9.86. The molecule has 2 aromatic carbocycles. The van der Waals surface area contributed by atoms with Gasteiger partial charge in [0.15, 0.2) is 0 Å². The summed E-state index contributed by atoms with van der Waals surface area (Å²) < 4.78 is 24.0. The molecule has 4 N–H and O–H groups in total. The van der Waals surface area contributed by atoms with Gasteiger partial charge in [-0.05, 0) is 81.4 Å². The molecule has 334 valence electrons. The van der Waals surface area contributed by atoms with E-state index in [2.05, 4.69) is 21.3 Å². The monoisotopic (exact) mass is 848 g/mol. The average Bonchev–Trinajstić information content (AvgIpc) is 3.71. The Morgan fingerprint density at radius 1 is 0.836 bits per heavy atom. The van der Waals surface area contributed by atoms with E-state index in [-0.39, 0.29) is 56.8 Å². The van der Waals surface area contributed by atoms with Crippen LogP contribution in [0.5, 0.6) is 11.5 Å². The molecule has 16 nitrogen and oxygen atoms in total. The fourth-order valence-corrected chi connectivity index (χ4v) is 7.38. The van der Waals surface area contributed by atoms with Gasteiger partial charge in [0, 0.05) is 45.5 Å². The predicted molar refractivity (Wildman–Crippen MR) is 227 cm³/mol. The van der Waals surface area contributed by atoms with Crippen LogP contribution < -0.4 is 30.7 Å². The molecule has 2 aromatic rings. The second-order valence-corrected chi connectivity index (χ2v) is 16.9. The van der Waals surface area contributed by atoms with Crippen LogP contribution in [0.2, 0.25) is 0 Å². The molecule has 0 spiro atoms. The van der Waals surface area contributed by atoms with E-state index in [1.165, 1.54) is 16.7 Å². The molecule has 5 atom stereocenters. The fraction of sp³-hybridized carbons (Fsp3) is 0.600. The smallest absolute Gasteiger partial charge is 0.252 e. The molecule has 0 aromatic heterocycles. The molecule has 1 aliphatic carbocycles. The van der Waals surface area contributed by atoms with Crippen molar-refractivity contribution in [2.75, 3.05) is 53.7 Å². The van der Waals surface area contributed by atoms with Crippen molar-refractivity contribution in [2.45, 2.75) is 109 Å². The Balaban J connectivity index is 1.36. The van der Waals surface area contributed by atoms with Crippen molar-refractivity contribution in [3.05, 3.63) is 59.7 Å². The summed E-state index contributed by atoms with van der Waals surface area (Å²) in [7, 11) is 3.18. The number of nitrogens with one attached hydrogen (secondary N) is 4. The van der Waals surface area contributed by atoms with Gasteiger partial charge in [-0.2, -0.15) is 0 Å². The van der Waals surface area contributed by atoms with Crippen molar-refractivity contribution in [3.8, 4) is 11.5 Å². The maximum Gasteiger partial charge on any atom is 0.252 e. The summed E-state index contributed by atoms with van der Waals surface area (Å²) in [5, 5.41) is 11.2. The van der Waals surface area contributed by atoms with E-state index in [4.69, 9.17) is 18.9 Å². The number of carbonyl (C=O) groups excluding carboxylic acids is 6. The molecule has 0 unspecified atom stereocenters. The molecule has 61 heavy (non-hydrogen) atoms. The highest BCUT2D eigenvalue weighted by molar-refractivity contribution is 5.99. The lowest BCUT2D eigenvalue weighted by molar-refractivity contribution is -0.143. The van der Waals surface area contributed by atoms with Gasteiger partial charge in [-0.3, -0.25) is 28.8 Å². The third-order valence-electron chi connectivity index (χ3n) is 11.1. The van der Waals surface area contributed by atoms with Gasteiger partial charge in [-0.25, -0.2) is 0 Å². The van der Waals surface area contributed by atoms with Crippen LogP contribution in [0.3, 0.4) is 0 Å². The zero-order valence-corrected chi connectivity index (χ0v) is 36.2. The van der Waals surface area contributed by atoms with E-state index in [0.29, 0.717) is 56.3 Å². The quantitative estimate of drug-likeness (QED) is 0.261. The topological polar surface area (TPSA) is 194 Å². The number of carbonyl (C=O) groups is 6. The van der Waals surface area contributed by atoms with Crippen LogP contribution >= 0.6 is 0 Å². The molecule has 2 heterocycles. The largest absolute Gasteiger partial charge is 0.493 e. The van der Waals surface area contributed by atoms with Gasteiger partial charge < -0.3 is 50.0 Å². The molecule has 0 bridgehead atoms. The molecule has 2 aliphatic heterocycles. The molecule has 0 radical (unpaired) electrons. The first-order valence-electron chi connectivity index (χ1n) is 21.6. The fourth-order valence-electron chi connectivity index (χ4n) is 7.38. The summed E-state index contributed by atoms with van der Waals surface area (Å²) in [6.45, 7) is 6.61. The maximum atomic E-state index is 14.1. The van der Waals surface area contributed by atoms with Gasteiger partial charge in [-0.15, -0.1) is 0 Å². The van der Waals surface area contributed by atoms with Crippen LogP contribution in [0.25, 0.3) is 0 Å². The number of rotatable bonds is 11. The molecule has 6 amide bonds. The summed E-state index contributed by atoms with van der Waals surface area (Å²) in [4.78, 5) is 85.1. The molecular formula is C45H64N6O10. The minimum atomic E-state index is -1.21. The van der Waals surface area contributed by atoms with E-state index >= 15 is 0 Å². The van der Waals surface area contributed by atoms with Gasteiger partial charge in [-0.1, -0.05) is 50.6 Å². The number of nitrogens with zero attached hydrogens (tertiary/aromatic N) is 2. The van der Waals surface area contributed by atoms with Gasteiger partial charge in [0.1, 0.15) is 48.3 Å². The van der Waals surface area contributed by atoms with Crippen molar-refractivity contribution < 1.29 is 47.7 Å². The molecule has 5 rings (SSSR count). The van der Waals surface area contributed by atoms with Crippen molar-refractivity contribution in [3.63, 3.8) is 0 Å². The average molecular weight is 849 g/mol. The van der Waals surface area contributed by atoms with Gasteiger partial charge in [0.05, 0.1) is 19.8 Å². The maximum absolute atomic E-state index is 14.1. The second-order valence-electron chi connectivity index (χ2n) is 16.9. The molecule has 16 heteroatoms. The number of hydrogen-bond donors (Lipinski definition) is 4. The SMILES string of the molecule is CC(C)C[C@@H]1NC(=O)[C@@H](NC(=O)c2cc(OCc3ccccc3)cc(OCC3CCC3)c2)COCCCCOC[C@@H](C(=O)N(C)C)NC(=O)[C@@H]2CCCN2C(=O)[C@H](C)NC1=O. The molecule has 2 saturated heterocycles. The van der Waals surface area contributed by atoms with Gasteiger partial charge >= 0.3 is 0 Å². The zero-order valence-electron chi connectivity index (χ0n) is 36.2. The van der Waals surface area contributed by atoms with Crippen molar-refractivity contribution in [1.82, 2.24) is 31.1 Å². The first-order chi connectivity index (χ1) is 29.3. The Kier molecular flexibility index (Phi) is 17.8. The molecular weight excluding hydrogens is 785 g/mol. The number of likely N-dealkylation sites (N-methyl/N-ethyl adjacent to an activating group) is 1. The Bertz CT molecular complexity index is 1800. The van der Waals surface area contributed by atoms with Crippen LogP contribution in [0, 0.1) is 11.8 Å². The summed E-state index contributed by atoms with van der Waals surface area (Å²) >= 11 is 0. The van der Waals surface area contributed by atoms with Crippen LogP contribution in [0.4, 0.5) is 0 Å². The highest BCUT2D eigenvalue weighted by Crippen LogP contribution is 2.29. The first kappa shape index (κ1) is 46.8. The number of ether oxygens (including phenoxy) is 4. The summed E-state index contributed by atoms with van der Waals surface area (Å²) in [6, 6.07) is 9.47. The first-order valence-corrected chi connectivity index (χ1v) is 21.6. The lowest BCUT2D eigenvalue weighted by Crippen LogP contribution is -2.59. The molecule has 1 saturated carbocycles. The van der Waals surface area contributed by atoms with E-state index in [0.717, 1.165) is 24.8 Å². The van der Waals surface area contributed by atoms with Crippen LogP contribution in [0.15, 0.2) is 48.5 Å². The van der Waals surface area contributed by atoms with Crippen molar-refractivity contribution >= 4 is 35.4 Å². The Hall–Kier alpha value is -5.22. The number of hydrogen-bond acceptors (Lipinski definition) is 10. The number of benzene rings is 2. The highest BCUT2D eigenvalue weighted by Gasteiger charge is 2.39. The lowest BCUT2D eigenvalue weighted by Gasteiger charge is -2.30. The van der Waals surface area contributed by atoms with Crippen LogP contribution in [-0.4, -0.2) is 129 Å². The van der Waals surface area contributed by atoms with E-state index in [1.807, 2.05) is 44.2 Å². The van der Waals surface area contributed by atoms with Crippen molar-refractivity contribution in [2.24, 2.45) is 11.8 Å². The third-order valence-corrected chi connectivity index (χ3v) is 11.1. The van der Waals surface area contributed by atoms with Crippen LogP contribution in [0.1, 0.15) is 88.1 Å². The Labute approximate surface area is 359 Å². The summed E-state index contributed by atoms with van der Waals surface area (Å²) in [6.07, 6.45) is 5.59. The minimum Gasteiger partial charge on any atom is -0.493 e. The van der Waals surface area contributed by atoms with Crippen molar-refractivity contribution in [1.29, 1.82) is 0 Å². The van der Waals surface area contributed by atoms with E-state index in [1.54, 1.807) is 32.3 Å². The highest BCUT2D eigenvalue weighted by atomic mass is 16.5. The van der Waals surface area contributed by atoms with Gasteiger partial charge in [0.2, 0.25) is 29.5 Å². The Morgan fingerprint density at radius 3 is 2.18 bits per heavy atom. The summed E-state index contributed by atoms with van der Waals surface area (Å²) in [5.41, 5.74) is 1.16. The zero-order chi connectivity index (χ0) is 43.9. The van der Waals surface area contributed by atoms with Crippen LogP contribution in [-0.2, 0) is 40.1 Å².